The first-order valence-corrected chi connectivity index (χ1v) is 5.32. The van der Waals surface area contributed by atoms with Crippen molar-refractivity contribution in [2.24, 2.45) is 0 Å². The quantitative estimate of drug-likeness (QED) is 0.630. The predicted octanol–water partition coefficient (Wildman–Crippen LogP) is 3.44. The van der Waals surface area contributed by atoms with Gasteiger partial charge in [-0.1, -0.05) is 12.1 Å². The molecule has 0 atom stereocenters. The van der Waals surface area contributed by atoms with Gasteiger partial charge in [0.1, 0.15) is 0 Å². The second-order valence-electron chi connectivity index (χ2n) is 2.35. The summed E-state index contributed by atoms with van der Waals surface area (Å²) < 4.78 is 4.58. The number of nitrogens with zero attached hydrogens (tertiary/aromatic N) is 1. The molecule has 3 aromatic heterocycles. The highest BCUT2D eigenvalue weighted by molar-refractivity contribution is 7.07. The summed E-state index contributed by atoms with van der Waals surface area (Å²) in [7, 11) is 0. The van der Waals surface area contributed by atoms with E-state index >= 15 is 0 Å². The van der Waals surface area contributed by atoms with Crippen molar-refractivity contribution in [1.29, 1.82) is 0 Å². The van der Waals surface area contributed by atoms with Crippen LogP contribution in [0.25, 0.3) is 0 Å². The molecule has 3 rings (SSSR count). The van der Waals surface area contributed by atoms with E-state index in [2.05, 4.69) is 14.6 Å². The van der Waals surface area contributed by atoms with Gasteiger partial charge in [-0.2, -0.15) is 16.4 Å². The summed E-state index contributed by atoms with van der Waals surface area (Å²) in [6.07, 6.45) is 6.71. The third kappa shape index (κ3) is 7.28. The number of aromatic amines is 1. The van der Waals surface area contributed by atoms with Gasteiger partial charge in [0.05, 0.1) is 12.5 Å². The topological polar surface area (TPSA) is 41.8 Å². The number of furan rings is 1. The van der Waals surface area contributed by atoms with Crippen LogP contribution >= 0.6 is 11.3 Å². The Balaban J connectivity index is 0.000000112. The van der Waals surface area contributed by atoms with Crippen molar-refractivity contribution in [2.45, 2.75) is 0 Å². The van der Waals surface area contributed by atoms with Crippen molar-refractivity contribution in [2.75, 3.05) is 0 Å². The standard InChI is InChI=1S/C4H4O.C4H4S.C3H4N2/c3*1-2-4-5-3-1/h2*1-4H;1-3H,(H,4,5). The van der Waals surface area contributed by atoms with Crippen molar-refractivity contribution >= 4 is 11.3 Å². The summed E-state index contributed by atoms with van der Waals surface area (Å²) in [6.45, 7) is 0. The van der Waals surface area contributed by atoms with E-state index < -0.39 is 0 Å². The zero-order valence-corrected chi connectivity index (χ0v) is 8.93. The Bertz CT molecular complexity index is 251. The Morgan fingerprint density at radius 2 is 1.67 bits per heavy atom. The van der Waals surface area contributed by atoms with Crippen molar-refractivity contribution in [3.05, 3.63) is 66.0 Å². The first-order valence-electron chi connectivity index (χ1n) is 4.38. The molecular formula is C11H12N2OS. The van der Waals surface area contributed by atoms with E-state index in [-0.39, 0.29) is 0 Å². The highest BCUT2D eigenvalue weighted by Crippen LogP contribution is 1.91. The Morgan fingerprint density at radius 1 is 0.933 bits per heavy atom. The van der Waals surface area contributed by atoms with Crippen molar-refractivity contribution in [3.8, 4) is 0 Å². The fraction of sp³-hybridized carbons (Fsp3) is 0. The largest absolute Gasteiger partial charge is 0.473 e. The van der Waals surface area contributed by atoms with Crippen LogP contribution < -0.4 is 0 Å². The first kappa shape index (κ1) is 11.3. The highest BCUT2D eigenvalue weighted by atomic mass is 32.1. The third-order valence-corrected chi connectivity index (χ3v) is 1.89. The van der Waals surface area contributed by atoms with Gasteiger partial charge < -0.3 is 4.42 Å². The summed E-state index contributed by atoms with van der Waals surface area (Å²) in [4.78, 5) is 0. The molecule has 0 aliphatic carbocycles. The lowest BCUT2D eigenvalue weighted by atomic mass is 10.7. The molecule has 4 heteroatoms. The maximum atomic E-state index is 4.58. The zero-order chi connectivity index (χ0) is 10.6. The number of nitrogens with one attached hydrogen (secondary N) is 1. The van der Waals surface area contributed by atoms with Gasteiger partial charge in [-0.25, -0.2) is 0 Å². The van der Waals surface area contributed by atoms with Crippen LogP contribution in [0.15, 0.2) is 70.4 Å². The van der Waals surface area contributed by atoms with Gasteiger partial charge in [-0.3, -0.25) is 5.10 Å². The second-order valence-corrected chi connectivity index (χ2v) is 3.17. The van der Waals surface area contributed by atoms with Crippen LogP contribution in [0.2, 0.25) is 0 Å². The molecular weight excluding hydrogens is 208 g/mol. The summed E-state index contributed by atoms with van der Waals surface area (Å²) in [6, 6.07) is 9.54. The highest BCUT2D eigenvalue weighted by Gasteiger charge is 1.59. The van der Waals surface area contributed by atoms with Crippen molar-refractivity contribution < 1.29 is 4.42 Å². The Morgan fingerprint density at radius 3 is 1.87 bits per heavy atom. The lowest BCUT2D eigenvalue weighted by Crippen LogP contribution is -1.53. The van der Waals surface area contributed by atoms with Gasteiger partial charge in [0.2, 0.25) is 0 Å². The molecule has 0 bridgehead atoms. The number of thiophene rings is 1. The van der Waals surface area contributed by atoms with E-state index in [1.165, 1.54) is 0 Å². The Kier molecular flexibility index (Phi) is 6.59. The van der Waals surface area contributed by atoms with E-state index in [1.807, 2.05) is 41.1 Å². The molecule has 78 valence electrons. The summed E-state index contributed by atoms with van der Waals surface area (Å²) in [5.74, 6) is 0. The number of hydrogen-bond donors (Lipinski definition) is 1. The van der Waals surface area contributed by atoms with E-state index in [4.69, 9.17) is 0 Å². The molecule has 3 nitrogen and oxygen atoms in total. The van der Waals surface area contributed by atoms with Crippen LogP contribution in [0.3, 0.4) is 0 Å². The van der Waals surface area contributed by atoms with Gasteiger partial charge in [-0.15, -0.1) is 0 Å². The molecule has 3 heterocycles. The monoisotopic (exact) mass is 220 g/mol. The normalized spacial score (nSPS) is 8.00. The summed E-state index contributed by atoms with van der Waals surface area (Å²) in [5, 5.41) is 10.3. The third-order valence-electron chi connectivity index (χ3n) is 1.26. The predicted molar refractivity (Wildman–Crippen MR) is 61.6 cm³/mol. The lowest BCUT2D eigenvalue weighted by molar-refractivity contribution is 0.567. The maximum absolute atomic E-state index is 4.58. The zero-order valence-electron chi connectivity index (χ0n) is 8.11. The summed E-state index contributed by atoms with van der Waals surface area (Å²) in [5.41, 5.74) is 0. The SMILES string of the molecule is c1ccoc1.c1ccsc1.c1cn[nH]c1. The molecule has 0 aromatic carbocycles. The molecule has 0 unspecified atom stereocenters. The molecule has 0 saturated heterocycles. The van der Waals surface area contributed by atoms with Gasteiger partial charge in [0, 0.05) is 12.4 Å². The molecule has 0 spiro atoms. The average molecular weight is 220 g/mol. The van der Waals surface area contributed by atoms with Crippen LogP contribution in [0.5, 0.6) is 0 Å². The molecule has 1 N–H and O–H groups in total. The molecule has 0 aliphatic heterocycles. The molecule has 0 amide bonds. The molecule has 15 heavy (non-hydrogen) atoms. The fourth-order valence-electron chi connectivity index (χ4n) is 0.669. The van der Waals surface area contributed by atoms with E-state index in [0.717, 1.165) is 0 Å². The molecule has 0 saturated carbocycles. The molecule has 3 aromatic rings. The number of hydrogen-bond acceptors (Lipinski definition) is 3. The van der Waals surface area contributed by atoms with E-state index in [0.29, 0.717) is 0 Å². The van der Waals surface area contributed by atoms with Crippen LogP contribution in [0.1, 0.15) is 0 Å². The number of H-pyrrole nitrogens is 1. The van der Waals surface area contributed by atoms with Crippen LogP contribution in [0.4, 0.5) is 0 Å². The first-order chi connectivity index (χ1) is 7.50. The van der Waals surface area contributed by atoms with Crippen molar-refractivity contribution in [1.82, 2.24) is 10.2 Å². The Labute approximate surface area is 92.4 Å². The average Bonchev–Trinajstić information content (AvgIpc) is 3.09. The van der Waals surface area contributed by atoms with Gasteiger partial charge in [0.15, 0.2) is 0 Å². The minimum Gasteiger partial charge on any atom is -0.473 e. The number of aromatic nitrogens is 2. The maximum Gasteiger partial charge on any atom is 0.0902 e. The molecule has 0 fully saturated rings. The number of rotatable bonds is 0. The van der Waals surface area contributed by atoms with Crippen LogP contribution in [0, 0.1) is 0 Å². The molecule has 0 aliphatic rings. The fourth-order valence-corrected chi connectivity index (χ4v) is 1.12. The smallest absolute Gasteiger partial charge is 0.0902 e. The van der Waals surface area contributed by atoms with Crippen molar-refractivity contribution in [3.63, 3.8) is 0 Å². The summed E-state index contributed by atoms with van der Waals surface area (Å²) >= 11 is 1.71. The van der Waals surface area contributed by atoms with Gasteiger partial charge in [0.25, 0.3) is 0 Å². The van der Waals surface area contributed by atoms with E-state index in [1.54, 1.807) is 36.3 Å². The minimum atomic E-state index is 1.62. The Hall–Kier alpha value is -1.81. The lowest BCUT2D eigenvalue weighted by Gasteiger charge is -1.50. The van der Waals surface area contributed by atoms with Gasteiger partial charge in [-0.05, 0) is 29.0 Å². The minimum absolute atomic E-state index is 1.62. The van der Waals surface area contributed by atoms with Gasteiger partial charge >= 0.3 is 0 Å². The molecule has 0 radical (unpaired) electrons. The second kappa shape index (κ2) is 8.77. The van der Waals surface area contributed by atoms with Crippen LogP contribution in [-0.2, 0) is 0 Å². The van der Waals surface area contributed by atoms with E-state index in [9.17, 15) is 0 Å². The van der Waals surface area contributed by atoms with Crippen LogP contribution in [-0.4, -0.2) is 10.2 Å².